The summed E-state index contributed by atoms with van der Waals surface area (Å²) in [5.41, 5.74) is 9.34. The number of hydrogen-bond donors (Lipinski definition) is 4. The number of hydrogen-bond acceptors (Lipinski definition) is 6. The standard InChI is InChI=1S/C42H38N4O2/c1-23-11-15-25(16-12-23)41(3)43-31-9-5-7-27-29(19-21-33(45-41)35(27)31)37-39(47)38(40(37)48)30-20-22-34-36-28(30)8-6-10-32(36)44-42(4,46-34)26-17-13-24(2)14-18-26/h5-22,37-40,43-46H,1-4H3/q-2. The van der Waals surface area contributed by atoms with Gasteiger partial charge in [-0.2, -0.15) is 0 Å². The number of aryl methyl sites for hydroxylation is 2. The van der Waals surface area contributed by atoms with Crippen LogP contribution >= 0.6 is 0 Å². The molecule has 0 spiro atoms. The first-order valence-electron chi connectivity index (χ1n) is 16.8. The molecule has 3 aliphatic rings. The fourth-order valence-corrected chi connectivity index (χ4v) is 8.44. The van der Waals surface area contributed by atoms with E-state index in [0.29, 0.717) is 0 Å². The third-order valence-corrected chi connectivity index (χ3v) is 11.1. The Balaban J connectivity index is 1.04. The van der Waals surface area contributed by atoms with E-state index < -0.39 is 35.4 Å². The van der Waals surface area contributed by atoms with E-state index in [4.69, 9.17) is 0 Å². The monoisotopic (exact) mass is 630 g/mol. The molecule has 9 rings (SSSR count). The number of rotatable bonds is 4. The summed E-state index contributed by atoms with van der Waals surface area (Å²) in [7, 11) is 0. The van der Waals surface area contributed by atoms with E-state index in [9.17, 15) is 10.2 Å². The summed E-state index contributed by atoms with van der Waals surface area (Å²) in [5.74, 6) is -1.26. The summed E-state index contributed by atoms with van der Waals surface area (Å²) < 4.78 is 0. The molecule has 2 atom stereocenters. The van der Waals surface area contributed by atoms with Crippen LogP contribution in [-0.2, 0) is 11.3 Å². The van der Waals surface area contributed by atoms with Crippen LogP contribution in [0.25, 0.3) is 21.5 Å². The van der Waals surface area contributed by atoms with Crippen molar-refractivity contribution in [3.8, 4) is 0 Å². The second kappa shape index (κ2) is 10.2. The van der Waals surface area contributed by atoms with Crippen LogP contribution < -0.4 is 31.5 Å². The second-order valence-electron chi connectivity index (χ2n) is 14.3. The van der Waals surface area contributed by atoms with Gasteiger partial charge in [-0.05, 0) is 96.8 Å². The van der Waals surface area contributed by atoms with Gasteiger partial charge in [-0.25, -0.2) is 0 Å². The SMILES string of the molecule is Cc1ccc(C2(C)Nc3cccc4c(C5C([O-])C(c6ccc7c8c(cccc68)NC(C)(c6ccc(C)cc6)N7)C5[O-])ccc(c34)N2)cc1. The molecule has 4 N–H and O–H groups in total. The molecule has 6 heteroatoms. The molecule has 2 aliphatic heterocycles. The van der Waals surface area contributed by atoms with Crippen molar-refractivity contribution >= 4 is 44.3 Å². The quantitative estimate of drug-likeness (QED) is 0.163. The third-order valence-electron chi connectivity index (χ3n) is 11.1. The highest BCUT2D eigenvalue weighted by Gasteiger charge is 2.42. The minimum absolute atomic E-state index is 0.504. The third kappa shape index (κ3) is 4.19. The van der Waals surface area contributed by atoms with Crippen molar-refractivity contribution in [2.24, 2.45) is 0 Å². The summed E-state index contributed by atoms with van der Waals surface area (Å²) in [4.78, 5) is 0. The topological polar surface area (TPSA) is 94.2 Å². The van der Waals surface area contributed by atoms with Crippen molar-refractivity contribution in [3.05, 3.63) is 143 Å². The van der Waals surface area contributed by atoms with Crippen LogP contribution in [-0.4, -0.2) is 12.2 Å². The van der Waals surface area contributed by atoms with Gasteiger partial charge in [0.1, 0.15) is 11.3 Å². The molecule has 6 aromatic carbocycles. The molecule has 6 aromatic rings. The van der Waals surface area contributed by atoms with Crippen LogP contribution in [0.4, 0.5) is 22.7 Å². The Kier molecular flexibility index (Phi) is 6.21. The molecular formula is C42H38N4O2-2. The molecule has 48 heavy (non-hydrogen) atoms. The van der Waals surface area contributed by atoms with Gasteiger partial charge in [0.25, 0.3) is 0 Å². The van der Waals surface area contributed by atoms with Crippen LogP contribution in [0, 0.1) is 13.8 Å². The molecule has 1 saturated carbocycles. The van der Waals surface area contributed by atoms with Gasteiger partial charge in [-0.15, -0.1) is 12.2 Å². The van der Waals surface area contributed by atoms with Crippen LogP contribution in [0.1, 0.15) is 59.1 Å². The lowest BCUT2D eigenvalue weighted by atomic mass is 9.62. The zero-order chi connectivity index (χ0) is 32.9. The van der Waals surface area contributed by atoms with Gasteiger partial charge in [0, 0.05) is 33.5 Å². The lowest BCUT2D eigenvalue weighted by molar-refractivity contribution is -0.535. The molecule has 1 fully saturated rings. The Morgan fingerprint density at radius 1 is 0.458 bits per heavy atom. The molecule has 0 amide bonds. The van der Waals surface area contributed by atoms with E-state index in [1.54, 1.807) is 0 Å². The van der Waals surface area contributed by atoms with E-state index in [0.717, 1.165) is 66.5 Å². The van der Waals surface area contributed by atoms with Crippen LogP contribution in [0.5, 0.6) is 0 Å². The maximum Gasteiger partial charge on any atom is 0.131 e. The van der Waals surface area contributed by atoms with E-state index in [-0.39, 0.29) is 0 Å². The van der Waals surface area contributed by atoms with Crippen LogP contribution in [0.2, 0.25) is 0 Å². The second-order valence-corrected chi connectivity index (χ2v) is 14.3. The van der Waals surface area contributed by atoms with Gasteiger partial charge in [-0.1, -0.05) is 96.1 Å². The highest BCUT2D eigenvalue weighted by Crippen LogP contribution is 2.53. The fourth-order valence-electron chi connectivity index (χ4n) is 8.44. The average Bonchev–Trinajstić information content (AvgIpc) is 3.07. The summed E-state index contributed by atoms with van der Waals surface area (Å²) in [6, 6.07) is 37.5. The average molecular weight is 631 g/mol. The maximum atomic E-state index is 14.2. The maximum absolute atomic E-state index is 14.2. The van der Waals surface area contributed by atoms with Crippen molar-refractivity contribution in [1.82, 2.24) is 0 Å². The molecular weight excluding hydrogens is 592 g/mol. The molecule has 0 saturated heterocycles. The number of benzene rings is 6. The smallest absolute Gasteiger partial charge is 0.131 e. The summed E-state index contributed by atoms with van der Waals surface area (Å²) >= 11 is 0. The van der Waals surface area contributed by atoms with E-state index in [1.807, 2.05) is 48.5 Å². The minimum Gasteiger partial charge on any atom is -0.851 e. The van der Waals surface area contributed by atoms with Gasteiger partial charge < -0.3 is 31.5 Å². The van der Waals surface area contributed by atoms with Gasteiger partial charge in [0.15, 0.2) is 0 Å². The molecule has 6 nitrogen and oxygen atoms in total. The molecule has 2 heterocycles. The predicted octanol–water partition coefficient (Wildman–Crippen LogP) is 7.37. The summed E-state index contributed by atoms with van der Waals surface area (Å²) in [6.45, 7) is 8.45. The Morgan fingerprint density at radius 2 is 0.812 bits per heavy atom. The van der Waals surface area contributed by atoms with E-state index in [2.05, 4.69) is 110 Å². The van der Waals surface area contributed by atoms with Crippen molar-refractivity contribution < 1.29 is 10.2 Å². The first-order chi connectivity index (χ1) is 23.1. The Bertz CT molecular complexity index is 2050. The van der Waals surface area contributed by atoms with E-state index in [1.165, 1.54) is 11.1 Å². The van der Waals surface area contributed by atoms with Crippen LogP contribution in [0.15, 0.2) is 109 Å². The molecule has 0 bridgehead atoms. The molecule has 2 unspecified atom stereocenters. The van der Waals surface area contributed by atoms with Gasteiger partial charge in [0.2, 0.25) is 0 Å². The fraction of sp³-hybridized carbons (Fsp3) is 0.238. The Hall–Kier alpha value is -5.04. The van der Waals surface area contributed by atoms with Gasteiger partial charge >= 0.3 is 0 Å². The van der Waals surface area contributed by atoms with Crippen molar-refractivity contribution in [2.75, 3.05) is 21.3 Å². The normalized spacial score (nSPS) is 27.0. The Labute approximate surface area is 280 Å². The zero-order valence-electron chi connectivity index (χ0n) is 27.5. The zero-order valence-corrected chi connectivity index (χ0v) is 27.5. The molecule has 1 aliphatic carbocycles. The van der Waals surface area contributed by atoms with Crippen molar-refractivity contribution in [3.63, 3.8) is 0 Å². The Morgan fingerprint density at radius 3 is 1.19 bits per heavy atom. The number of nitrogens with one attached hydrogen (secondary N) is 4. The summed E-state index contributed by atoms with van der Waals surface area (Å²) in [6.07, 6.45) is -2.10. The lowest BCUT2D eigenvalue weighted by Crippen LogP contribution is -2.63. The van der Waals surface area contributed by atoms with Crippen LogP contribution in [0.3, 0.4) is 0 Å². The van der Waals surface area contributed by atoms with E-state index >= 15 is 0 Å². The minimum atomic E-state index is -1.05. The number of anilines is 4. The largest absolute Gasteiger partial charge is 0.851 e. The highest BCUT2D eigenvalue weighted by atomic mass is 16.3. The predicted molar refractivity (Wildman–Crippen MR) is 193 cm³/mol. The molecule has 240 valence electrons. The molecule has 0 aromatic heterocycles. The lowest BCUT2D eigenvalue weighted by Gasteiger charge is -2.62. The molecule has 0 radical (unpaired) electrons. The first kappa shape index (κ1) is 29.1. The summed E-state index contributed by atoms with van der Waals surface area (Å²) in [5, 5.41) is 47.3. The van der Waals surface area contributed by atoms with Crippen molar-refractivity contribution in [1.29, 1.82) is 0 Å². The highest BCUT2D eigenvalue weighted by molar-refractivity contribution is 6.08. The first-order valence-corrected chi connectivity index (χ1v) is 16.8. The van der Waals surface area contributed by atoms with Gasteiger partial charge in [-0.3, -0.25) is 0 Å². The van der Waals surface area contributed by atoms with Crippen molar-refractivity contribution in [2.45, 2.75) is 63.1 Å². The van der Waals surface area contributed by atoms with Gasteiger partial charge in [0.05, 0.1) is 0 Å².